The molecule has 10 aromatic rings. The summed E-state index contributed by atoms with van der Waals surface area (Å²) in [5.74, 6) is 0. The molecule has 0 unspecified atom stereocenters. The van der Waals surface area contributed by atoms with Gasteiger partial charge in [-0.2, -0.15) is 0 Å². The topological polar surface area (TPSA) is 55.6 Å². The minimum absolute atomic E-state index is 0.782. The monoisotopic (exact) mass is 566 g/mol. The second kappa shape index (κ2) is 8.72. The van der Waals surface area contributed by atoms with Crippen molar-refractivity contribution >= 4 is 93.7 Å². The Labute approximate surface area is 250 Å². The number of fused-ring (bicyclic) bond motifs is 11. The lowest BCUT2D eigenvalue weighted by molar-refractivity contribution is 0.667. The number of furan rings is 3. The van der Waals surface area contributed by atoms with Crippen LogP contribution in [0.15, 0.2) is 147 Å². The quantitative estimate of drug-likeness (QED) is 0.213. The van der Waals surface area contributed by atoms with Gasteiger partial charge in [-0.05, 0) is 77.5 Å². The summed E-state index contributed by atoms with van der Waals surface area (Å²) in [7, 11) is 0. The first-order valence-corrected chi connectivity index (χ1v) is 14.6. The van der Waals surface area contributed by atoms with Gasteiger partial charge in [0, 0.05) is 61.6 Å². The first kappa shape index (κ1) is 23.5. The number of hydrogen-bond donors (Lipinski definition) is 0. The minimum Gasteiger partial charge on any atom is -0.456 e. The fraction of sp³-hybridized carbons (Fsp3) is 0. The fourth-order valence-electron chi connectivity index (χ4n) is 6.73. The van der Waals surface area contributed by atoms with Gasteiger partial charge in [-0.15, -0.1) is 0 Å². The number of hydrogen-bond acceptors (Lipinski definition) is 5. The number of anilines is 3. The minimum atomic E-state index is 0.782. The molecule has 0 saturated carbocycles. The molecule has 0 radical (unpaired) electrons. The van der Waals surface area contributed by atoms with Crippen LogP contribution in [0.5, 0.6) is 0 Å². The molecular formula is C39H22N2O3. The zero-order chi connectivity index (χ0) is 28.8. The summed E-state index contributed by atoms with van der Waals surface area (Å²) < 4.78 is 18.7. The average molecular weight is 567 g/mol. The molecule has 0 bridgehead atoms. The van der Waals surface area contributed by atoms with E-state index in [1.54, 1.807) is 6.20 Å². The van der Waals surface area contributed by atoms with E-state index < -0.39 is 0 Å². The number of rotatable bonds is 3. The zero-order valence-electron chi connectivity index (χ0n) is 23.3. The average Bonchev–Trinajstić information content (AvgIpc) is 3.75. The SMILES string of the molecule is c1ccc2c(c1)oc1cc(N(c3ccc4oc5ccccc5c4c3)c3ccc4ccc5oc6cnccc6c5c4c3)ccc12. The van der Waals surface area contributed by atoms with Gasteiger partial charge in [0.1, 0.15) is 27.9 Å². The molecule has 4 heterocycles. The van der Waals surface area contributed by atoms with Gasteiger partial charge in [-0.3, -0.25) is 4.98 Å². The first-order chi connectivity index (χ1) is 21.8. The van der Waals surface area contributed by atoms with Crippen molar-refractivity contribution in [2.45, 2.75) is 0 Å². The van der Waals surface area contributed by atoms with E-state index in [0.29, 0.717) is 0 Å². The van der Waals surface area contributed by atoms with Crippen LogP contribution >= 0.6 is 0 Å². The smallest absolute Gasteiger partial charge is 0.153 e. The highest BCUT2D eigenvalue weighted by molar-refractivity contribution is 6.19. The highest BCUT2D eigenvalue weighted by Gasteiger charge is 2.19. The number of benzene rings is 6. The Bertz CT molecular complexity index is 2750. The molecule has 44 heavy (non-hydrogen) atoms. The number of para-hydroxylation sites is 2. The second-order valence-corrected chi connectivity index (χ2v) is 11.2. The molecule has 6 aromatic carbocycles. The summed E-state index contributed by atoms with van der Waals surface area (Å²) in [5, 5.41) is 8.78. The molecule has 10 rings (SSSR count). The van der Waals surface area contributed by atoms with Gasteiger partial charge < -0.3 is 18.2 Å². The summed E-state index contributed by atoms with van der Waals surface area (Å²) >= 11 is 0. The van der Waals surface area contributed by atoms with Crippen LogP contribution in [0.25, 0.3) is 76.6 Å². The van der Waals surface area contributed by atoms with Gasteiger partial charge in [0.25, 0.3) is 0 Å². The second-order valence-electron chi connectivity index (χ2n) is 11.2. The van der Waals surface area contributed by atoms with Crippen LogP contribution < -0.4 is 4.90 Å². The predicted molar refractivity (Wildman–Crippen MR) is 178 cm³/mol. The van der Waals surface area contributed by atoms with E-state index in [9.17, 15) is 0 Å². The van der Waals surface area contributed by atoms with Crippen LogP contribution in [-0.4, -0.2) is 4.98 Å². The van der Waals surface area contributed by atoms with Gasteiger partial charge in [-0.1, -0.05) is 48.5 Å². The van der Waals surface area contributed by atoms with Crippen LogP contribution in [0.2, 0.25) is 0 Å². The maximum absolute atomic E-state index is 6.34. The Kier molecular flexibility index (Phi) is 4.66. The van der Waals surface area contributed by atoms with Crippen molar-refractivity contribution < 1.29 is 13.3 Å². The first-order valence-electron chi connectivity index (χ1n) is 14.6. The van der Waals surface area contributed by atoms with Crippen LogP contribution in [-0.2, 0) is 0 Å². The Morgan fingerprint density at radius 3 is 1.86 bits per heavy atom. The molecule has 5 nitrogen and oxygen atoms in total. The molecular weight excluding hydrogens is 544 g/mol. The Morgan fingerprint density at radius 2 is 1.00 bits per heavy atom. The molecule has 206 valence electrons. The van der Waals surface area contributed by atoms with Crippen LogP contribution in [0, 0.1) is 0 Å². The molecule has 0 aliphatic carbocycles. The summed E-state index contributed by atoms with van der Waals surface area (Å²) in [6.45, 7) is 0. The Balaban J connectivity index is 1.26. The molecule has 0 aliphatic heterocycles. The number of aromatic nitrogens is 1. The van der Waals surface area contributed by atoms with Crippen molar-refractivity contribution in [2.24, 2.45) is 0 Å². The van der Waals surface area contributed by atoms with E-state index in [1.165, 1.54) is 0 Å². The van der Waals surface area contributed by atoms with Gasteiger partial charge in [-0.25, -0.2) is 0 Å². The van der Waals surface area contributed by atoms with Crippen molar-refractivity contribution in [1.82, 2.24) is 4.98 Å². The molecule has 4 aromatic heterocycles. The van der Waals surface area contributed by atoms with Gasteiger partial charge in [0.05, 0.1) is 6.20 Å². The van der Waals surface area contributed by atoms with Crippen molar-refractivity contribution in [1.29, 1.82) is 0 Å². The largest absolute Gasteiger partial charge is 0.456 e. The predicted octanol–water partition coefficient (Wildman–Crippen LogP) is 11.4. The van der Waals surface area contributed by atoms with E-state index >= 15 is 0 Å². The van der Waals surface area contributed by atoms with E-state index in [1.807, 2.05) is 48.7 Å². The van der Waals surface area contributed by atoms with Gasteiger partial charge >= 0.3 is 0 Å². The van der Waals surface area contributed by atoms with E-state index in [4.69, 9.17) is 13.3 Å². The summed E-state index contributed by atoms with van der Waals surface area (Å²) in [4.78, 5) is 6.56. The van der Waals surface area contributed by atoms with Crippen LogP contribution in [0.4, 0.5) is 17.1 Å². The normalized spacial score (nSPS) is 12.1. The van der Waals surface area contributed by atoms with Crippen molar-refractivity contribution in [3.05, 3.63) is 134 Å². The van der Waals surface area contributed by atoms with Crippen molar-refractivity contribution in [3.8, 4) is 0 Å². The third kappa shape index (κ3) is 3.32. The molecule has 0 N–H and O–H groups in total. The maximum Gasteiger partial charge on any atom is 0.153 e. The Hall–Kier alpha value is -6.07. The third-order valence-corrected chi connectivity index (χ3v) is 8.74. The molecule has 0 atom stereocenters. The third-order valence-electron chi connectivity index (χ3n) is 8.74. The molecule has 0 spiro atoms. The van der Waals surface area contributed by atoms with Gasteiger partial charge in [0.15, 0.2) is 5.58 Å². The molecule has 0 amide bonds. The summed E-state index contributed by atoms with van der Waals surface area (Å²) in [5.41, 5.74) is 8.14. The molecule has 0 saturated heterocycles. The highest BCUT2D eigenvalue weighted by Crippen LogP contribution is 2.43. The number of pyridine rings is 1. The summed E-state index contributed by atoms with van der Waals surface area (Å²) in [6, 6.07) is 42.0. The molecule has 0 aliphatic rings. The van der Waals surface area contributed by atoms with Gasteiger partial charge in [0.2, 0.25) is 0 Å². The highest BCUT2D eigenvalue weighted by atomic mass is 16.3. The lowest BCUT2D eigenvalue weighted by atomic mass is 10.0. The van der Waals surface area contributed by atoms with Crippen molar-refractivity contribution in [3.63, 3.8) is 0 Å². The maximum atomic E-state index is 6.34. The van der Waals surface area contributed by atoms with Crippen molar-refractivity contribution in [2.75, 3.05) is 4.90 Å². The van der Waals surface area contributed by atoms with Crippen LogP contribution in [0.1, 0.15) is 0 Å². The summed E-state index contributed by atoms with van der Waals surface area (Å²) in [6.07, 6.45) is 3.60. The lowest BCUT2D eigenvalue weighted by Gasteiger charge is -2.26. The fourth-order valence-corrected chi connectivity index (χ4v) is 6.73. The van der Waals surface area contributed by atoms with E-state index in [-0.39, 0.29) is 0 Å². The molecule has 5 heteroatoms. The van der Waals surface area contributed by atoms with E-state index in [2.05, 4.69) is 88.7 Å². The van der Waals surface area contributed by atoms with E-state index in [0.717, 1.165) is 93.7 Å². The zero-order valence-corrected chi connectivity index (χ0v) is 23.3. The number of nitrogens with zero attached hydrogens (tertiary/aromatic N) is 2. The standard InChI is InChI=1S/C39H22N2O3/c1-3-7-33-27(5-1)29-14-12-26(21-37(29)43-33)41(25-13-16-35-32(20-25)28-6-2-4-8-34(28)42-35)24-11-9-23-10-15-36-39(31(23)19-24)30-17-18-40-22-38(30)44-36/h1-22H. The van der Waals surface area contributed by atoms with Crippen LogP contribution in [0.3, 0.4) is 0 Å². The molecule has 0 fully saturated rings. The Morgan fingerprint density at radius 1 is 0.409 bits per heavy atom. The lowest BCUT2D eigenvalue weighted by Crippen LogP contribution is -2.09.